The van der Waals surface area contributed by atoms with E-state index in [1.807, 2.05) is 6.07 Å². The van der Waals surface area contributed by atoms with E-state index in [1.165, 1.54) is 42.5 Å². The molecule has 0 bridgehead atoms. The Kier molecular flexibility index (Phi) is 5.85. The summed E-state index contributed by atoms with van der Waals surface area (Å²) in [5, 5.41) is 21.4. The van der Waals surface area contributed by atoms with Crippen molar-refractivity contribution in [1.82, 2.24) is 0 Å². The molecule has 142 valence electrons. The van der Waals surface area contributed by atoms with Gasteiger partial charge < -0.3 is 4.90 Å². The SMILES string of the molecule is N#C/C(=C1/C(=O)N(CCCCBr)c2ccc(F)cc21)c1ccc([N+](=O)[O-])cc1. The number of nitrogens with zero attached hydrogens (tertiary/aromatic N) is 3. The Bertz CT molecular complexity index is 1010. The predicted molar refractivity (Wildman–Crippen MR) is 107 cm³/mol. The number of non-ortho nitro benzene ring substituents is 1. The molecule has 0 saturated heterocycles. The lowest BCUT2D eigenvalue weighted by atomic mass is 9.96. The van der Waals surface area contributed by atoms with E-state index in [0.717, 1.165) is 18.2 Å². The summed E-state index contributed by atoms with van der Waals surface area (Å²) in [6.45, 7) is 0.450. The highest BCUT2D eigenvalue weighted by Gasteiger charge is 2.35. The lowest BCUT2D eigenvalue weighted by Gasteiger charge is -2.16. The maximum Gasteiger partial charge on any atom is 0.269 e. The minimum absolute atomic E-state index is 0.0646. The smallest absolute Gasteiger partial charge is 0.269 e. The molecule has 0 aromatic heterocycles. The molecule has 0 aliphatic carbocycles. The fraction of sp³-hybridized carbons (Fsp3) is 0.200. The fourth-order valence-corrected chi connectivity index (χ4v) is 3.54. The average molecular weight is 444 g/mol. The van der Waals surface area contributed by atoms with Gasteiger partial charge in [0.1, 0.15) is 11.9 Å². The monoisotopic (exact) mass is 443 g/mol. The molecule has 0 spiro atoms. The molecule has 0 atom stereocenters. The number of anilines is 1. The lowest BCUT2D eigenvalue weighted by molar-refractivity contribution is -0.384. The Morgan fingerprint density at radius 3 is 2.54 bits per heavy atom. The van der Waals surface area contributed by atoms with Crippen molar-refractivity contribution in [1.29, 1.82) is 5.26 Å². The fourth-order valence-electron chi connectivity index (χ4n) is 3.15. The largest absolute Gasteiger partial charge is 0.308 e. The van der Waals surface area contributed by atoms with E-state index < -0.39 is 10.7 Å². The zero-order valence-corrected chi connectivity index (χ0v) is 16.3. The van der Waals surface area contributed by atoms with E-state index in [9.17, 15) is 24.6 Å². The van der Waals surface area contributed by atoms with Gasteiger partial charge in [0.15, 0.2) is 0 Å². The third-order valence-electron chi connectivity index (χ3n) is 4.47. The molecule has 1 heterocycles. The molecule has 1 amide bonds. The van der Waals surface area contributed by atoms with Crippen LogP contribution >= 0.6 is 15.9 Å². The molecule has 1 aliphatic rings. The van der Waals surface area contributed by atoms with Gasteiger partial charge in [0.25, 0.3) is 11.6 Å². The molecule has 0 unspecified atom stereocenters. The van der Waals surface area contributed by atoms with Crippen molar-refractivity contribution >= 4 is 44.4 Å². The number of rotatable bonds is 6. The minimum Gasteiger partial charge on any atom is -0.308 e. The normalized spacial score (nSPS) is 14.6. The molecule has 0 N–H and O–H groups in total. The topological polar surface area (TPSA) is 87.2 Å². The molecule has 0 fully saturated rings. The molecule has 0 saturated carbocycles. The van der Waals surface area contributed by atoms with Crippen LogP contribution in [0.15, 0.2) is 42.5 Å². The van der Waals surface area contributed by atoms with Gasteiger partial charge in [-0.3, -0.25) is 14.9 Å². The Balaban J connectivity index is 2.12. The zero-order valence-electron chi connectivity index (χ0n) is 14.7. The maximum absolute atomic E-state index is 13.9. The van der Waals surface area contributed by atoms with E-state index in [-0.39, 0.29) is 22.7 Å². The third kappa shape index (κ3) is 3.66. The van der Waals surface area contributed by atoms with Gasteiger partial charge in [0, 0.05) is 29.6 Å². The Morgan fingerprint density at radius 1 is 1.21 bits per heavy atom. The van der Waals surface area contributed by atoms with E-state index in [1.54, 1.807) is 4.90 Å². The Morgan fingerprint density at radius 2 is 1.93 bits per heavy atom. The van der Waals surface area contributed by atoms with Crippen molar-refractivity contribution in [3.05, 3.63) is 69.5 Å². The number of nitro benzene ring substituents is 1. The summed E-state index contributed by atoms with van der Waals surface area (Å²) in [5.74, 6) is -0.877. The number of hydrogen-bond acceptors (Lipinski definition) is 4. The first kappa shape index (κ1) is 19.7. The summed E-state index contributed by atoms with van der Waals surface area (Å²) in [6, 6.07) is 11.5. The van der Waals surface area contributed by atoms with Crippen molar-refractivity contribution in [2.45, 2.75) is 12.8 Å². The molecule has 2 aromatic rings. The number of fused-ring (bicyclic) bond motifs is 1. The van der Waals surface area contributed by atoms with Gasteiger partial charge in [-0.1, -0.05) is 15.9 Å². The minimum atomic E-state index is -0.542. The van der Waals surface area contributed by atoms with Gasteiger partial charge in [-0.05, 0) is 48.7 Å². The molecule has 28 heavy (non-hydrogen) atoms. The number of nitro groups is 1. The summed E-state index contributed by atoms with van der Waals surface area (Å²) >= 11 is 3.35. The van der Waals surface area contributed by atoms with E-state index in [4.69, 9.17) is 0 Å². The van der Waals surface area contributed by atoms with Crippen molar-refractivity contribution in [2.24, 2.45) is 0 Å². The van der Waals surface area contributed by atoms with Gasteiger partial charge in [0.2, 0.25) is 0 Å². The zero-order chi connectivity index (χ0) is 20.3. The van der Waals surface area contributed by atoms with Gasteiger partial charge in [0.05, 0.1) is 21.8 Å². The van der Waals surface area contributed by atoms with Gasteiger partial charge >= 0.3 is 0 Å². The highest BCUT2D eigenvalue weighted by Crippen LogP contribution is 2.41. The standard InChI is InChI=1S/C20H15BrFN3O3/c21-9-1-2-10-24-18-8-5-14(22)11-16(18)19(20(24)26)17(12-23)13-3-6-15(7-4-13)25(27)28/h3-8,11H,1-2,9-10H2/b19-17-. The van der Waals surface area contributed by atoms with Gasteiger partial charge in [-0.2, -0.15) is 5.26 Å². The van der Waals surface area contributed by atoms with E-state index in [2.05, 4.69) is 15.9 Å². The van der Waals surface area contributed by atoms with Crippen LogP contribution in [0.25, 0.3) is 11.1 Å². The van der Waals surface area contributed by atoms with Crippen LogP contribution in [0.1, 0.15) is 24.0 Å². The third-order valence-corrected chi connectivity index (χ3v) is 5.03. The number of alkyl halides is 1. The predicted octanol–water partition coefficient (Wildman–Crippen LogP) is 4.69. The average Bonchev–Trinajstić information content (AvgIpc) is 2.95. The lowest BCUT2D eigenvalue weighted by Crippen LogP contribution is -2.27. The Hall–Kier alpha value is -3.05. The number of nitriles is 1. The summed E-state index contributed by atoms with van der Waals surface area (Å²) in [6.07, 6.45) is 1.62. The number of benzene rings is 2. The molecule has 6 nitrogen and oxygen atoms in total. The first-order valence-electron chi connectivity index (χ1n) is 8.55. The summed E-state index contributed by atoms with van der Waals surface area (Å²) in [7, 11) is 0. The van der Waals surface area contributed by atoms with Crippen LogP contribution in [-0.2, 0) is 4.79 Å². The molecule has 1 aliphatic heterocycles. The quantitative estimate of drug-likeness (QED) is 0.162. The van der Waals surface area contributed by atoms with Crippen LogP contribution in [0.3, 0.4) is 0 Å². The number of carbonyl (C=O) groups excluding carboxylic acids is 1. The summed E-state index contributed by atoms with van der Waals surface area (Å²) < 4.78 is 13.9. The highest BCUT2D eigenvalue weighted by atomic mass is 79.9. The number of amides is 1. The van der Waals surface area contributed by atoms with Gasteiger partial charge in [-0.25, -0.2) is 4.39 Å². The van der Waals surface area contributed by atoms with Crippen molar-refractivity contribution in [3.8, 4) is 6.07 Å². The Labute approximate surface area is 169 Å². The van der Waals surface area contributed by atoms with Crippen molar-refractivity contribution in [3.63, 3.8) is 0 Å². The number of allylic oxidation sites excluding steroid dienone is 1. The van der Waals surface area contributed by atoms with Crippen LogP contribution in [-0.4, -0.2) is 22.7 Å². The second kappa shape index (κ2) is 8.31. The van der Waals surface area contributed by atoms with Crippen LogP contribution < -0.4 is 4.90 Å². The molecular weight excluding hydrogens is 429 g/mol. The summed E-state index contributed by atoms with van der Waals surface area (Å²) in [5.41, 5.74) is 1.35. The maximum atomic E-state index is 13.9. The van der Waals surface area contributed by atoms with Crippen molar-refractivity contribution < 1.29 is 14.1 Å². The van der Waals surface area contributed by atoms with Crippen LogP contribution in [0.5, 0.6) is 0 Å². The van der Waals surface area contributed by atoms with E-state index >= 15 is 0 Å². The van der Waals surface area contributed by atoms with Crippen molar-refractivity contribution in [2.75, 3.05) is 16.8 Å². The highest BCUT2D eigenvalue weighted by molar-refractivity contribution is 9.09. The van der Waals surface area contributed by atoms with Crippen LogP contribution in [0.4, 0.5) is 15.8 Å². The summed E-state index contributed by atoms with van der Waals surface area (Å²) in [4.78, 5) is 25.0. The number of unbranched alkanes of at least 4 members (excludes halogenated alkanes) is 1. The second-order valence-corrected chi connectivity index (χ2v) is 6.97. The first-order valence-corrected chi connectivity index (χ1v) is 9.67. The number of halogens is 2. The van der Waals surface area contributed by atoms with Crippen LogP contribution in [0, 0.1) is 27.3 Å². The first-order chi connectivity index (χ1) is 13.5. The van der Waals surface area contributed by atoms with E-state index in [0.29, 0.717) is 23.4 Å². The molecule has 3 rings (SSSR count). The molecular formula is C20H15BrFN3O3. The number of hydrogen-bond donors (Lipinski definition) is 0. The van der Waals surface area contributed by atoms with Gasteiger partial charge in [-0.15, -0.1) is 0 Å². The molecule has 2 aromatic carbocycles. The molecule has 0 radical (unpaired) electrons. The number of carbonyl (C=O) groups is 1. The molecule has 8 heteroatoms. The van der Waals surface area contributed by atoms with Crippen LogP contribution in [0.2, 0.25) is 0 Å². The second-order valence-electron chi connectivity index (χ2n) is 6.18.